The van der Waals surface area contributed by atoms with Crippen LogP contribution in [-0.2, 0) is 13.8 Å². The highest BCUT2D eigenvalue weighted by atomic mass is 35.7. The molecule has 0 atom stereocenters. The van der Waals surface area contributed by atoms with Crippen LogP contribution in [-0.4, -0.2) is 21.5 Å². The molecular formula is C8H6ClFO4S. The summed E-state index contributed by atoms with van der Waals surface area (Å²) in [7, 11) is 1.87. The second-order valence-corrected chi connectivity index (χ2v) is 5.08. The van der Waals surface area contributed by atoms with Crippen LogP contribution in [0.1, 0.15) is 10.4 Å². The molecule has 0 bridgehead atoms. The van der Waals surface area contributed by atoms with Gasteiger partial charge in [-0.2, -0.15) is 0 Å². The summed E-state index contributed by atoms with van der Waals surface area (Å²) in [5.41, 5.74) is -0.685. The molecule has 0 aliphatic carbocycles. The first-order valence-electron chi connectivity index (χ1n) is 3.69. The van der Waals surface area contributed by atoms with Gasteiger partial charge in [-0.3, -0.25) is 0 Å². The van der Waals surface area contributed by atoms with Crippen LogP contribution in [0.25, 0.3) is 0 Å². The van der Waals surface area contributed by atoms with Crippen molar-refractivity contribution in [2.75, 3.05) is 7.11 Å². The Hall–Kier alpha value is -1.14. The fraction of sp³-hybridized carbons (Fsp3) is 0.125. The minimum Gasteiger partial charge on any atom is -0.465 e. The predicted molar refractivity (Wildman–Crippen MR) is 50.8 cm³/mol. The molecule has 4 nitrogen and oxygen atoms in total. The molecule has 0 heterocycles. The lowest BCUT2D eigenvalue weighted by Crippen LogP contribution is -2.10. The van der Waals surface area contributed by atoms with Gasteiger partial charge in [0.05, 0.1) is 12.0 Å². The molecule has 1 aromatic carbocycles. The van der Waals surface area contributed by atoms with Crippen molar-refractivity contribution in [2.45, 2.75) is 4.90 Å². The molecule has 1 rings (SSSR count). The van der Waals surface area contributed by atoms with Crippen molar-refractivity contribution in [1.29, 1.82) is 0 Å². The van der Waals surface area contributed by atoms with Gasteiger partial charge in [-0.25, -0.2) is 17.6 Å². The largest absolute Gasteiger partial charge is 0.465 e. The predicted octanol–water partition coefficient (Wildman–Crippen LogP) is 1.54. The summed E-state index contributed by atoms with van der Waals surface area (Å²) >= 11 is 0. The summed E-state index contributed by atoms with van der Waals surface area (Å²) in [4.78, 5) is 10.5. The number of esters is 1. The van der Waals surface area contributed by atoms with Crippen LogP contribution in [0.3, 0.4) is 0 Å². The monoisotopic (exact) mass is 252 g/mol. The number of halogens is 2. The molecule has 82 valence electrons. The average Bonchev–Trinajstić information content (AvgIpc) is 2.15. The SMILES string of the molecule is COC(=O)c1c(F)cccc1S(=O)(=O)Cl. The number of rotatable bonds is 2. The Morgan fingerprint density at radius 2 is 2.07 bits per heavy atom. The van der Waals surface area contributed by atoms with E-state index in [0.717, 1.165) is 25.3 Å². The molecule has 0 saturated carbocycles. The molecular weight excluding hydrogens is 247 g/mol. The van der Waals surface area contributed by atoms with Gasteiger partial charge >= 0.3 is 5.97 Å². The minimum atomic E-state index is -4.18. The summed E-state index contributed by atoms with van der Waals surface area (Å²) in [5, 5.41) is 0. The van der Waals surface area contributed by atoms with Gasteiger partial charge in [-0.15, -0.1) is 0 Å². The van der Waals surface area contributed by atoms with Gasteiger partial charge in [0.25, 0.3) is 9.05 Å². The molecule has 0 aliphatic rings. The van der Waals surface area contributed by atoms with Gasteiger partial charge in [0.15, 0.2) is 0 Å². The maximum atomic E-state index is 13.2. The Bertz CT molecular complexity index is 497. The molecule has 0 fully saturated rings. The normalized spacial score (nSPS) is 11.1. The van der Waals surface area contributed by atoms with Crippen molar-refractivity contribution in [3.63, 3.8) is 0 Å². The van der Waals surface area contributed by atoms with E-state index in [1.54, 1.807) is 0 Å². The first-order chi connectivity index (χ1) is 6.88. The van der Waals surface area contributed by atoms with Gasteiger partial charge < -0.3 is 4.74 Å². The summed E-state index contributed by atoms with van der Waals surface area (Å²) in [6.07, 6.45) is 0. The summed E-state index contributed by atoms with van der Waals surface area (Å²) < 4.78 is 39.5. The van der Waals surface area contributed by atoms with Gasteiger partial charge in [0, 0.05) is 10.7 Å². The Kier molecular flexibility index (Phi) is 3.31. The van der Waals surface area contributed by atoms with Gasteiger partial charge in [-0.1, -0.05) is 6.07 Å². The first kappa shape index (κ1) is 11.9. The van der Waals surface area contributed by atoms with Crippen LogP contribution >= 0.6 is 10.7 Å². The number of methoxy groups -OCH3 is 1. The lowest BCUT2D eigenvalue weighted by atomic mass is 10.2. The molecule has 0 unspecified atom stereocenters. The molecule has 0 N–H and O–H groups in total. The Labute approximate surface area is 90.0 Å². The lowest BCUT2D eigenvalue weighted by molar-refractivity contribution is 0.0591. The van der Waals surface area contributed by atoms with E-state index >= 15 is 0 Å². The second-order valence-electron chi connectivity index (χ2n) is 2.54. The van der Waals surface area contributed by atoms with E-state index in [-0.39, 0.29) is 0 Å². The molecule has 15 heavy (non-hydrogen) atoms. The van der Waals surface area contributed by atoms with Crippen LogP contribution in [0.4, 0.5) is 4.39 Å². The maximum absolute atomic E-state index is 13.2. The van der Waals surface area contributed by atoms with Gasteiger partial charge in [0.2, 0.25) is 0 Å². The number of hydrogen-bond acceptors (Lipinski definition) is 4. The van der Waals surface area contributed by atoms with E-state index in [0.29, 0.717) is 0 Å². The third-order valence-electron chi connectivity index (χ3n) is 1.63. The Balaban J connectivity index is 3.54. The molecule has 7 heteroatoms. The van der Waals surface area contributed by atoms with E-state index in [2.05, 4.69) is 4.74 Å². The number of carbonyl (C=O) groups excluding carboxylic acids is 1. The smallest absolute Gasteiger partial charge is 0.342 e. The zero-order valence-corrected chi connectivity index (χ0v) is 9.10. The van der Waals surface area contributed by atoms with Crippen molar-refractivity contribution < 1.29 is 22.3 Å². The molecule has 1 aromatic rings. The molecule has 0 spiro atoms. The number of benzene rings is 1. The second kappa shape index (κ2) is 4.16. The van der Waals surface area contributed by atoms with Crippen molar-refractivity contribution in [2.24, 2.45) is 0 Å². The van der Waals surface area contributed by atoms with Crippen LogP contribution in [0.5, 0.6) is 0 Å². The van der Waals surface area contributed by atoms with Gasteiger partial charge in [-0.05, 0) is 12.1 Å². The van der Waals surface area contributed by atoms with Crippen molar-refractivity contribution in [3.05, 3.63) is 29.6 Å². The fourth-order valence-corrected chi connectivity index (χ4v) is 2.06. The molecule has 0 aliphatic heterocycles. The molecule has 0 saturated heterocycles. The van der Waals surface area contributed by atoms with Crippen molar-refractivity contribution in [3.8, 4) is 0 Å². The zero-order valence-electron chi connectivity index (χ0n) is 7.53. The van der Waals surface area contributed by atoms with E-state index in [1.165, 1.54) is 0 Å². The summed E-state index contributed by atoms with van der Waals surface area (Å²) in [6.45, 7) is 0. The third kappa shape index (κ3) is 2.45. The number of carbonyl (C=O) groups is 1. The number of ether oxygens (including phenoxy) is 1. The fourth-order valence-electron chi connectivity index (χ4n) is 1.01. The zero-order chi connectivity index (χ0) is 11.6. The molecule has 0 aromatic heterocycles. The van der Waals surface area contributed by atoms with E-state index in [4.69, 9.17) is 10.7 Å². The number of hydrogen-bond donors (Lipinski definition) is 0. The van der Waals surface area contributed by atoms with Gasteiger partial charge in [0.1, 0.15) is 11.4 Å². The minimum absolute atomic E-state index is 0.601. The van der Waals surface area contributed by atoms with Crippen molar-refractivity contribution >= 4 is 25.7 Å². The molecule has 0 radical (unpaired) electrons. The van der Waals surface area contributed by atoms with Crippen molar-refractivity contribution in [1.82, 2.24) is 0 Å². The average molecular weight is 253 g/mol. The standard InChI is InChI=1S/C8H6ClFO4S/c1-14-8(11)7-5(10)3-2-4-6(7)15(9,12)13/h2-4H,1H3. The Morgan fingerprint density at radius 3 is 2.53 bits per heavy atom. The maximum Gasteiger partial charge on any atom is 0.342 e. The van der Waals surface area contributed by atoms with Crippen LogP contribution in [0, 0.1) is 5.82 Å². The third-order valence-corrected chi connectivity index (χ3v) is 2.99. The summed E-state index contributed by atoms with van der Waals surface area (Å²) in [6, 6.07) is 3.10. The van der Waals surface area contributed by atoms with Crippen LogP contribution in [0.2, 0.25) is 0 Å². The van der Waals surface area contributed by atoms with E-state index in [9.17, 15) is 17.6 Å². The van der Waals surface area contributed by atoms with Crippen LogP contribution in [0.15, 0.2) is 23.1 Å². The van der Waals surface area contributed by atoms with E-state index < -0.39 is 31.3 Å². The molecule has 0 amide bonds. The van der Waals surface area contributed by atoms with E-state index in [1.807, 2.05) is 0 Å². The highest BCUT2D eigenvalue weighted by Crippen LogP contribution is 2.22. The summed E-state index contributed by atoms with van der Waals surface area (Å²) in [5.74, 6) is -2.09. The highest BCUT2D eigenvalue weighted by Gasteiger charge is 2.24. The topological polar surface area (TPSA) is 60.4 Å². The first-order valence-corrected chi connectivity index (χ1v) is 6.00. The van der Waals surface area contributed by atoms with Crippen LogP contribution < -0.4 is 0 Å². The lowest BCUT2D eigenvalue weighted by Gasteiger charge is -2.05. The highest BCUT2D eigenvalue weighted by molar-refractivity contribution is 8.13. The Morgan fingerprint density at radius 1 is 1.47 bits per heavy atom. The quantitative estimate of drug-likeness (QED) is 0.592.